The molecule has 1 aromatic rings. The van der Waals surface area contributed by atoms with Crippen molar-refractivity contribution in [2.45, 2.75) is 131 Å². The van der Waals surface area contributed by atoms with Crippen LogP contribution in [0.15, 0.2) is 24.3 Å². The van der Waals surface area contributed by atoms with Crippen LogP contribution < -0.4 is 20.5 Å². The molecule has 1 aliphatic rings. The Kier molecular flexibility index (Phi) is 21.9. The number of likely N-dealkylation sites (N-methyl/N-ethyl adjacent to an activating group) is 2. The van der Waals surface area contributed by atoms with Crippen LogP contribution in [0, 0.1) is 23.7 Å². The quantitative estimate of drug-likeness (QED) is 0.105. The van der Waals surface area contributed by atoms with E-state index in [1.54, 1.807) is 71.0 Å². The second kappa shape index (κ2) is 24.9. The number of phosphoric acid groups is 1. The van der Waals surface area contributed by atoms with Crippen molar-refractivity contribution in [1.29, 1.82) is 0 Å². The third-order valence-corrected chi connectivity index (χ3v) is 12.8. The molecule has 1 aliphatic heterocycles. The summed E-state index contributed by atoms with van der Waals surface area (Å²) in [5, 5.41) is 9.03. The molecular formula is C42H74N5O10P. The second-order valence-corrected chi connectivity index (χ2v) is 17.4. The Morgan fingerprint density at radius 1 is 0.914 bits per heavy atom. The molecule has 0 aliphatic carbocycles. The zero-order chi connectivity index (χ0) is 43.7. The zero-order valence-electron chi connectivity index (χ0n) is 37.4. The van der Waals surface area contributed by atoms with Crippen LogP contribution in [0.2, 0.25) is 0 Å². The van der Waals surface area contributed by atoms with Gasteiger partial charge in [0.2, 0.25) is 23.6 Å². The molecule has 0 radical (unpaired) electrons. The average Bonchev–Trinajstić information content (AvgIpc) is 3.66. The van der Waals surface area contributed by atoms with Crippen LogP contribution in [0.1, 0.15) is 93.6 Å². The fourth-order valence-corrected chi connectivity index (χ4v) is 9.09. The van der Waals surface area contributed by atoms with E-state index >= 15 is 0 Å². The summed E-state index contributed by atoms with van der Waals surface area (Å²) < 4.78 is 41.3. The lowest BCUT2D eigenvalue weighted by Crippen LogP contribution is -2.59. The van der Waals surface area contributed by atoms with Gasteiger partial charge in [-0.05, 0) is 69.5 Å². The monoisotopic (exact) mass is 840 g/mol. The molecule has 332 valence electrons. The lowest BCUT2D eigenvalue weighted by atomic mass is 9.89. The van der Waals surface area contributed by atoms with Gasteiger partial charge in [0, 0.05) is 34.4 Å². The number of benzene rings is 1. The van der Waals surface area contributed by atoms with E-state index in [-0.39, 0.29) is 73.6 Å². The molecule has 1 fully saturated rings. The largest absolute Gasteiger partial charge is 0.530 e. The molecule has 0 saturated carbocycles. The molecule has 15 nitrogen and oxygen atoms in total. The third kappa shape index (κ3) is 14.0. The van der Waals surface area contributed by atoms with Crippen molar-refractivity contribution < 1.29 is 46.8 Å². The number of ether oxygens (including phenoxy) is 2. The summed E-state index contributed by atoms with van der Waals surface area (Å²) in [5.41, 5.74) is 0.722. The number of phosphoric ester groups is 1. The first kappa shape index (κ1) is 51.1. The van der Waals surface area contributed by atoms with Crippen LogP contribution in [-0.2, 0) is 48.7 Å². The number of para-hydroxylation sites is 1. The number of likely N-dealkylation sites (tertiary alicyclic amines) is 1. The van der Waals surface area contributed by atoms with Crippen molar-refractivity contribution in [2.75, 3.05) is 54.6 Å². The van der Waals surface area contributed by atoms with E-state index in [4.69, 9.17) is 23.0 Å². The number of hydrogen-bond donors (Lipinski definition) is 3. The number of amides is 4. The van der Waals surface area contributed by atoms with Gasteiger partial charge in [-0.3, -0.25) is 28.2 Å². The number of nitrogens with zero attached hydrogens (tertiary/aromatic N) is 2. The number of nitrogens with one attached hydrogen (secondary N) is 3. The predicted octanol–water partition coefficient (Wildman–Crippen LogP) is 5.21. The van der Waals surface area contributed by atoms with Crippen LogP contribution in [0.5, 0.6) is 5.75 Å². The SMILES string of the molecule is CCOP(=O)(OCC)Oc1ccccc1CCNC(=O)[C@H](C)[C@@H](OC)[C@@H]1CCCN1C(=O)C[C@@H](OC)C(C(C)CC)N(C)C(=O)[C@@H](NC(=O)C(NC)C(C)C)C(C)C. The molecule has 16 heteroatoms. The van der Waals surface area contributed by atoms with E-state index in [1.165, 1.54) is 0 Å². The zero-order valence-corrected chi connectivity index (χ0v) is 38.3. The maximum atomic E-state index is 14.2. The van der Waals surface area contributed by atoms with Crippen LogP contribution in [0.3, 0.4) is 0 Å². The molecule has 58 heavy (non-hydrogen) atoms. The lowest BCUT2D eigenvalue weighted by molar-refractivity contribution is -0.147. The van der Waals surface area contributed by atoms with Gasteiger partial charge < -0.3 is 39.7 Å². The van der Waals surface area contributed by atoms with Crippen molar-refractivity contribution in [1.82, 2.24) is 25.8 Å². The fourth-order valence-electron chi connectivity index (χ4n) is 7.86. The highest BCUT2D eigenvalue weighted by Gasteiger charge is 2.43. The Labute approximate surface area is 347 Å². The Morgan fingerprint density at radius 3 is 2.07 bits per heavy atom. The first-order valence-electron chi connectivity index (χ1n) is 21.0. The summed E-state index contributed by atoms with van der Waals surface area (Å²) in [6.07, 6.45) is 1.34. The second-order valence-electron chi connectivity index (χ2n) is 15.9. The van der Waals surface area contributed by atoms with E-state index < -0.39 is 44.1 Å². The number of carbonyl (C=O) groups is 4. The molecule has 2 rings (SSSR count). The molecule has 3 N–H and O–H groups in total. The maximum absolute atomic E-state index is 14.2. The minimum Gasteiger partial charge on any atom is -0.404 e. The van der Waals surface area contributed by atoms with E-state index in [0.29, 0.717) is 25.1 Å². The molecule has 4 amide bonds. The minimum absolute atomic E-state index is 0.0194. The van der Waals surface area contributed by atoms with E-state index in [9.17, 15) is 23.7 Å². The first-order chi connectivity index (χ1) is 27.4. The molecule has 8 atom stereocenters. The van der Waals surface area contributed by atoms with Gasteiger partial charge in [-0.1, -0.05) is 73.1 Å². The van der Waals surface area contributed by atoms with Gasteiger partial charge in [-0.25, -0.2) is 4.57 Å². The standard InChI is InChI=1S/C42H74N5O10P/c1-14-29(8)38(46(11)42(51)37(28(6)7)45-41(50)36(43-10)27(4)5)34(53-12)26-35(48)47-25-19-21-32(47)39(54-13)30(9)40(49)44-24-23-31-20-17-18-22-33(31)57-58(52,55-15-2)56-16-3/h17-18,20,22,27-30,32,34,36-39,43H,14-16,19,21,23-26H2,1-13H3,(H,44,49)(H,45,50)/t29?,30-,32+,34-,36?,37+,38?,39-/m1/s1. The normalized spacial score (nSPS) is 18.3. The highest BCUT2D eigenvalue weighted by molar-refractivity contribution is 7.48. The molecule has 1 saturated heterocycles. The maximum Gasteiger partial charge on any atom is 0.530 e. The Balaban J connectivity index is 2.20. The van der Waals surface area contributed by atoms with Gasteiger partial charge in [-0.15, -0.1) is 0 Å². The average molecular weight is 840 g/mol. The molecule has 3 unspecified atom stereocenters. The van der Waals surface area contributed by atoms with Gasteiger partial charge in [-0.2, -0.15) is 0 Å². The fraction of sp³-hybridized carbons (Fsp3) is 0.762. The summed E-state index contributed by atoms with van der Waals surface area (Å²) >= 11 is 0. The summed E-state index contributed by atoms with van der Waals surface area (Å²) in [7, 11) is 2.75. The molecule has 0 bridgehead atoms. The summed E-state index contributed by atoms with van der Waals surface area (Å²) in [6, 6.07) is 5.07. The number of carbonyl (C=O) groups excluding carboxylic acids is 4. The third-order valence-electron chi connectivity index (χ3n) is 11.2. The van der Waals surface area contributed by atoms with E-state index in [1.807, 2.05) is 53.7 Å². The van der Waals surface area contributed by atoms with Crippen molar-refractivity contribution in [2.24, 2.45) is 23.7 Å². The number of methoxy groups -OCH3 is 2. The number of hydrogen-bond acceptors (Lipinski definition) is 11. The van der Waals surface area contributed by atoms with E-state index in [2.05, 4.69) is 16.0 Å². The lowest BCUT2D eigenvalue weighted by Gasteiger charge is -2.41. The molecule has 0 aromatic heterocycles. The highest BCUT2D eigenvalue weighted by atomic mass is 31.2. The van der Waals surface area contributed by atoms with Crippen molar-refractivity contribution in [3.05, 3.63) is 29.8 Å². The summed E-state index contributed by atoms with van der Waals surface area (Å²) in [5.74, 6) is -1.29. The van der Waals surface area contributed by atoms with Crippen LogP contribution in [-0.4, -0.2) is 124 Å². The van der Waals surface area contributed by atoms with Crippen molar-refractivity contribution in [3.63, 3.8) is 0 Å². The van der Waals surface area contributed by atoms with Gasteiger partial charge in [0.05, 0.1) is 55.9 Å². The number of rotatable bonds is 26. The molecule has 0 spiro atoms. The van der Waals surface area contributed by atoms with Gasteiger partial charge in [0.1, 0.15) is 11.8 Å². The first-order valence-corrected chi connectivity index (χ1v) is 22.4. The van der Waals surface area contributed by atoms with Gasteiger partial charge in [0.25, 0.3) is 0 Å². The molecular weight excluding hydrogens is 765 g/mol. The summed E-state index contributed by atoms with van der Waals surface area (Å²) in [4.78, 5) is 58.6. The Bertz CT molecular complexity index is 1490. The Morgan fingerprint density at radius 2 is 1.53 bits per heavy atom. The Hall–Kier alpha value is -3.07. The van der Waals surface area contributed by atoms with Crippen LogP contribution in [0.4, 0.5) is 0 Å². The minimum atomic E-state index is -3.81. The van der Waals surface area contributed by atoms with Crippen molar-refractivity contribution in [3.8, 4) is 5.75 Å². The molecule has 1 aromatic carbocycles. The van der Waals surface area contributed by atoms with E-state index in [0.717, 1.165) is 18.4 Å². The molecule has 1 heterocycles. The predicted molar refractivity (Wildman–Crippen MR) is 225 cm³/mol. The van der Waals surface area contributed by atoms with Gasteiger partial charge >= 0.3 is 7.82 Å². The van der Waals surface area contributed by atoms with Crippen molar-refractivity contribution >= 4 is 31.5 Å². The summed E-state index contributed by atoms with van der Waals surface area (Å²) in [6.45, 7) is 18.1. The van der Waals surface area contributed by atoms with Gasteiger partial charge in [0.15, 0.2) is 0 Å². The smallest absolute Gasteiger partial charge is 0.404 e. The topological polar surface area (TPSA) is 174 Å². The van der Waals surface area contributed by atoms with Crippen LogP contribution >= 0.6 is 7.82 Å². The van der Waals surface area contributed by atoms with Crippen LogP contribution in [0.25, 0.3) is 0 Å². The highest BCUT2D eigenvalue weighted by Crippen LogP contribution is 2.50.